The third kappa shape index (κ3) is 45.2. The number of aromatic amines is 1. The number of imidazole rings is 1. The summed E-state index contributed by atoms with van der Waals surface area (Å²) in [7, 11) is 0. The summed E-state index contributed by atoms with van der Waals surface area (Å²) in [5.74, 6) is -20.7. The Morgan fingerprint density at radius 3 is 1.09 bits per heavy atom. The first-order chi connectivity index (χ1) is 70.4. The Hall–Kier alpha value is -12.9. The molecule has 1 fully saturated rings. The number of phenols is 1. The van der Waals surface area contributed by atoms with Crippen LogP contribution in [-0.2, 0) is 99.1 Å². The summed E-state index contributed by atoms with van der Waals surface area (Å²) >= 11 is 0. The summed E-state index contributed by atoms with van der Waals surface area (Å²) in [6.45, 7) is 27.9. The van der Waals surface area contributed by atoms with Gasteiger partial charge in [-0.05, 0) is 169 Å². The van der Waals surface area contributed by atoms with Crippen LogP contribution in [0.2, 0.25) is 0 Å². The fourth-order valence-corrected chi connectivity index (χ4v) is 16.5. The van der Waals surface area contributed by atoms with Gasteiger partial charge in [0.05, 0.1) is 25.0 Å². The number of likely N-dealkylation sites (tertiary alicyclic amines) is 1. The van der Waals surface area contributed by atoms with Crippen molar-refractivity contribution < 1.29 is 102 Å². The third-order valence-corrected chi connectivity index (χ3v) is 27.4. The number of guanidine groups is 2. The molecule has 1 aliphatic heterocycles. The van der Waals surface area contributed by atoms with Crippen molar-refractivity contribution in [3.63, 3.8) is 0 Å². The zero-order valence-corrected chi connectivity index (χ0v) is 89.9. The van der Waals surface area contributed by atoms with E-state index in [2.05, 4.69) is 106 Å². The van der Waals surface area contributed by atoms with Gasteiger partial charge < -0.3 is 150 Å². The molecular formula is C100H174N28O21. The molecular weight excluding hydrogens is 1930 g/mol. The maximum Gasteiger partial charge on any atom is 0.322 e. The Morgan fingerprint density at radius 1 is 0.403 bits per heavy atom. The summed E-state index contributed by atoms with van der Waals surface area (Å²) in [5, 5.41) is 94.8. The van der Waals surface area contributed by atoms with Crippen molar-refractivity contribution >= 4 is 118 Å². The molecule has 3 rings (SSSR count). The number of carboxylic acid groups (broad SMARTS) is 1. The lowest BCUT2D eigenvalue weighted by atomic mass is 9.93. The molecule has 1 aliphatic rings. The first kappa shape index (κ1) is 130. The highest BCUT2D eigenvalue weighted by molar-refractivity contribution is 6.02. The second-order valence-electron chi connectivity index (χ2n) is 39.7. The summed E-state index contributed by atoms with van der Waals surface area (Å²) in [4.78, 5) is 267. The zero-order valence-electron chi connectivity index (χ0n) is 89.9. The lowest BCUT2D eigenvalue weighted by Gasteiger charge is -2.32. The Kier molecular flexibility index (Phi) is 59.4. The molecule has 0 radical (unpaired) electrons. The summed E-state index contributed by atoms with van der Waals surface area (Å²) in [6.07, 6.45) is 5.06. The third-order valence-electron chi connectivity index (χ3n) is 27.4. The summed E-state index contributed by atoms with van der Waals surface area (Å²) in [6, 6.07) is -16.2. The van der Waals surface area contributed by atoms with E-state index < -0.39 is 270 Å². The van der Waals surface area contributed by atoms with E-state index in [-0.39, 0.29) is 147 Å². The van der Waals surface area contributed by atoms with E-state index in [1.54, 1.807) is 104 Å². The van der Waals surface area contributed by atoms with Gasteiger partial charge in [0.15, 0.2) is 11.9 Å². The molecule has 49 heteroatoms. The molecule has 17 amide bonds. The first-order valence-electron chi connectivity index (χ1n) is 52.5. The predicted octanol–water partition coefficient (Wildman–Crippen LogP) is -2.14. The molecule has 1 aromatic carbocycles. The maximum absolute atomic E-state index is 15.0. The monoisotopic (exact) mass is 2100 g/mol. The van der Waals surface area contributed by atoms with Crippen molar-refractivity contribution in [3.05, 3.63) is 48.0 Å². The number of aromatic nitrogens is 2. The molecule has 840 valence electrons. The van der Waals surface area contributed by atoms with Crippen LogP contribution in [-0.4, -0.2) is 297 Å². The van der Waals surface area contributed by atoms with E-state index >= 15 is 4.79 Å². The number of aliphatic hydroxyl groups excluding tert-OH is 1. The largest absolute Gasteiger partial charge is 0.508 e. The standard InChI is InChI=1S/C100H174N28O21/c1-18-54(10)75(91(142)112-51-74(132)133)123-96(147)80(59(15)23-6)122-88(139)69(35-30-44-110-100(106)107)117-93(144)77(56(12)20-3)125-97(148)81(60(16)24-7)121-87(138)68(34-29-43-109-99(104)105)115-89(140)70(46-53(8)9)119-94(145)78(57(13)21-4)126-98(149)82(61(17)129)127-90(141)72-36-31-45-128(72)73(131)50-111-84(135)71(47-62-37-39-64(130)40-38-62)118-86(137)66(32-25-27-41-101)114-85(136)67(33-26-28-42-102)116-92(143)76(55(11)19-2)124-95(146)79(58(14)22-5)120-83(134)65(103)48-63-49-108-52-113-63/h37-40,49,52-61,65-72,75-82,129-130H,18-36,41-48,50-51,101-103H2,1-17H3,(H,108,113)(H,111,135)(H,112,142)(H,114,136)(H,115,140)(H,116,143)(H,117,144)(H,118,137)(H,119,145)(H,120,134)(H,121,138)(H,122,139)(H,123,147)(H,124,146)(H,125,148)(H,126,149)(H,127,141)(H,132,133)(H4,104,105,109)(H4,106,107,110)/t54-,55-,56-,57-,58-,59-,60-,61+,65-,66-,67-,68-,69-,70-,71-,72-,75-,76-,77-,78-,79-,80-,81-,82-/m0/s1. The van der Waals surface area contributed by atoms with Gasteiger partial charge in [0.25, 0.3) is 0 Å². The summed E-state index contributed by atoms with van der Waals surface area (Å²) in [5.41, 5.74) is 30.3. The number of hydrogen-bond acceptors (Lipinski definition) is 26. The van der Waals surface area contributed by atoms with Crippen molar-refractivity contribution in [2.75, 3.05) is 45.8 Å². The minimum atomic E-state index is -1.80. The number of benzene rings is 1. The van der Waals surface area contributed by atoms with E-state index in [4.69, 9.17) is 39.5 Å². The number of carboxylic acids is 1. The minimum absolute atomic E-state index is 0.0216. The first-order valence-corrected chi connectivity index (χ1v) is 52.5. The van der Waals surface area contributed by atoms with Crippen LogP contribution in [0.3, 0.4) is 0 Å². The molecule has 0 aliphatic carbocycles. The van der Waals surface area contributed by atoms with Crippen LogP contribution in [0.25, 0.3) is 0 Å². The number of nitrogens with two attached hydrogens (primary N) is 5. The number of nitrogens with one attached hydrogen (secondary N) is 21. The molecule has 24 atom stereocenters. The van der Waals surface area contributed by atoms with Crippen LogP contribution in [0.4, 0.5) is 0 Å². The smallest absolute Gasteiger partial charge is 0.322 e. The van der Waals surface area contributed by atoms with Crippen molar-refractivity contribution in [1.82, 2.24) is 111 Å². The topological polar surface area (TPSA) is 794 Å². The number of H-pyrrole nitrogens is 1. The second kappa shape index (κ2) is 67.9. The Morgan fingerprint density at radius 2 is 0.732 bits per heavy atom. The van der Waals surface area contributed by atoms with Crippen molar-refractivity contribution in [1.29, 1.82) is 10.8 Å². The van der Waals surface area contributed by atoms with Gasteiger partial charge in [-0.25, -0.2) is 4.98 Å². The number of unbranched alkanes of at least 4 members (excludes halogenated alkanes) is 2. The summed E-state index contributed by atoms with van der Waals surface area (Å²) < 4.78 is 0. The van der Waals surface area contributed by atoms with Crippen LogP contribution in [0.1, 0.15) is 257 Å². The number of rotatable bonds is 71. The molecule has 1 saturated heterocycles. The molecule has 0 bridgehead atoms. The van der Waals surface area contributed by atoms with Crippen LogP contribution in [0, 0.1) is 58.2 Å². The quantitative estimate of drug-likeness (QED) is 0.0191. The van der Waals surface area contributed by atoms with Gasteiger partial charge in [-0.2, -0.15) is 0 Å². The number of aliphatic hydroxyl groups is 1. The number of phenolic OH excluding ortho intramolecular Hbond substituents is 1. The van der Waals surface area contributed by atoms with Gasteiger partial charge in [-0.3, -0.25) is 97.1 Å². The molecule has 0 unspecified atom stereocenters. The van der Waals surface area contributed by atoms with E-state index in [0.717, 1.165) is 4.90 Å². The molecule has 149 heavy (non-hydrogen) atoms. The second-order valence-corrected chi connectivity index (χ2v) is 39.7. The van der Waals surface area contributed by atoms with Crippen LogP contribution < -0.4 is 124 Å². The number of aliphatic carboxylic acids is 1. The highest BCUT2D eigenvalue weighted by atomic mass is 16.4. The highest BCUT2D eigenvalue weighted by Crippen LogP contribution is 2.24. The zero-order chi connectivity index (χ0) is 112. The van der Waals surface area contributed by atoms with E-state index in [1.807, 2.05) is 6.92 Å². The van der Waals surface area contributed by atoms with Crippen molar-refractivity contribution in [3.8, 4) is 5.75 Å². The Bertz CT molecular complexity index is 4650. The number of hydrogen-bond donors (Lipinski definition) is 29. The molecule has 1 aromatic heterocycles. The van der Waals surface area contributed by atoms with Crippen LogP contribution in [0.15, 0.2) is 36.8 Å². The van der Waals surface area contributed by atoms with Gasteiger partial charge in [-0.15, -0.1) is 0 Å². The average molecular weight is 2100 g/mol. The number of amides is 17. The molecule has 49 nitrogen and oxygen atoms in total. The number of carbonyl (C=O) groups excluding carboxylic acids is 17. The molecule has 0 spiro atoms. The lowest BCUT2D eigenvalue weighted by Crippen LogP contribution is -2.63. The maximum atomic E-state index is 15.0. The Labute approximate surface area is 874 Å². The normalized spacial score (nSPS) is 17.0. The fourth-order valence-electron chi connectivity index (χ4n) is 16.5. The fraction of sp³-hybridized carbons (Fsp3) is 0.710. The number of aromatic hydroxyl groups is 1. The molecule has 2 aromatic rings. The predicted molar refractivity (Wildman–Crippen MR) is 559 cm³/mol. The highest BCUT2D eigenvalue weighted by Gasteiger charge is 2.44. The van der Waals surface area contributed by atoms with Crippen LogP contribution in [0.5, 0.6) is 5.75 Å². The molecule has 34 N–H and O–H groups in total. The molecule has 0 saturated carbocycles. The van der Waals surface area contributed by atoms with E-state index in [9.17, 15) is 96.8 Å². The van der Waals surface area contributed by atoms with Gasteiger partial charge >= 0.3 is 5.97 Å². The van der Waals surface area contributed by atoms with Crippen molar-refractivity contribution in [2.45, 2.75) is 362 Å². The number of carbonyl (C=O) groups is 18. The minimum Gasteiger partial charge on any atom is -0.508 e. The van der Waals surface area contributed by atoms with E-state index in [1.165, 1.54) is 43.7 Å². The van der Waals surface area contributed by atoms with Gasteiger partial charge in [-0.1, -0.05) is 168 Å². The lowest BCUT2D eigenvalue weighted by molar-refractivity contribution is -0.141. The van der Waals surface area contributed by atoms with Gasteiger partial charge in [0, 0.05) is 44.4 Å². The molecule has 2 heterocycles. The van der Waals surface area contributed by atoms with Gasteiger partial charge in [0.1, 0.15) is 103 Å². The SMILES string of the molecule is CC[C@H](C)[C@H](NC(=O)[C@H](CCCNC(=N)N)NC(=O)[C@@H](NC(=O)[C@@H](NC(=O)[C@H](CCCNC(=N)N)NC(=O)[C@H](CC(C)C)NC(=O)[C@@H](NC(=O)[C@@H](NC(=O)[C@@H]1CCCN1C(=O)CNC(=O)[C@H](Cc1ccc(O)cc1)NC(=O)[C@H](CCCCN)NC(=O)[C@H](CCCCN)NC(=O)[C@@H](NC(=O)[C@@H](NC(=O)[C@@H](N)Cc1cnc[nH]1)[C@@H](C)CC)[C@@H](C)CC)[C@@H](C)O)[C@@H](C)CC)[C@@H](C)CC)[C@@H](C)CC)C(=O)N[C@H](C(=O)NCC(=O)O)[C@@H](C)CC. The van der Waals surface area contributed by atoms with Crippen molar-refractivity contribution in [2.24, 2.45) is 76.0 Å². The van der Waals surface area contributed by atoms with E-state index in [0.29, 0.717) is 56.2 Å². The van der Waals surface area contributed by atoms with Crippen LogP contribution >= 0.6 is 0 Å². The average Bonchev–Trinajstić information content (AvgIpc) is 1.76. The van der Waals surface area contributed by atoms with Gasteiger partial charge in [0.2, 0.25) is 100 Å². The Balaban J connectivity index is 1.95. The number of nitrogens with zero attached hydrogens (tertiary/aromatic N) is 2.